The molecule has 3 aromatic rings. The monoisotopic (exact) mass is 488 g/mol. The van der Waals surface area contributed by atoms with Crippen molar-refractivity contribution in [1.82, 2.24) is 9.78 Å². The third kappa shape index (κ3) is 5.39. The number of primary sulfonamides is 1. The van der Waals surface area contributed by atoms with Gasteiger partial charge >= 0.3 is 6.18 Å². The predicted molar refractivity (Wildman–Crippen MR) is 110 cm³/mol. The first-order valence-corrected chi connectivity index (χ1v) is 10.7. The van der Waals surface area contributed by atoms with Crippen LogP contribution in [0.2, 0.25) is 5.02 Å². The van der Waals surface area contributed by atoms with Gasteiger partial charge in [0.1, 0.15) is 10.6 Å². The van der Waals surface area contributed by atoms with Crippen molar-refractivity contribution < 1.29 is 31.1 Å². The predicted octanol–water partition coefficient (Wildman–Crippen LogP) is 3.38. The number of aromatic nitrogens is 2. The first kappa shape index (κ1) is 23.6. The number of carbonyl (C=O) groups excluding carboxylic acids is 1. The van der Waals surface area contributed by atoms with Gasteiger partial charge in [0, 0.05) is 16.9 Å². The molecule has 0 unspecified atom stereocenters. The number of halogens is 4. The Labute approximate surface area is 185 Å². The quantitative estimate of drug-likeness (QED) is 0.551. The number of anilines is 1. The fourth-order valence-electron chi connectivity index (χ4n) is 2.80. The summed E-state index contributed by atoms with van der Waals surface area (Å²) in [5.41, 5.74) is -0.740. The van der Waals surface area contributed by atoms with Gasteiger partial charge in [-0.05, 0) is 42.0 Å². The first-order chi connectivity index (χ1) is 14.9. The van der Waals surface area contributed by atoms with Crippen molar-refractivity contribution >= 4 is 33.2 Å². The lowest BCUT2D eigenvalue weighted by Gasteiger charge is -2.12. The number of hydrogen-bond donors (Lipinski definition) is 2. The van der Waals surface area contributed by atoms with Gasteiger partial charge < -0.3 is 10.1 Å². The molecule has 1 heterocycles. The number of rotatable bonds is 6. The molecule has 0 fully saturated rings. The molecule has 0 aliphatic heterocycles. The highest BCUT2D eigenvalue weighted by Gasteiger charge is 2.32. The fourth-order valence-corrected chi connectivity index (χ4v) is 3.73. The van der Waals surface area contributed by atoms with Crippen molar-refractivity contribution in [3.05, 3.63) is 64.9 Å². The van der Waals surface area contributed by atoms with E-state index in [4.69, 9.17) is 21.5 Å². The fraction of sp³-hybridized carbons (Fsp3) is 0.158. The van der Waals surface area contributed by atoms with Crippen LogP contribution in [0, 0.1) is 0 Å². The molecule has 0 aliphatic carbocycles. The molecule has 0 aliphatic rings. The van der Waals surface area contributed by atoms with Crippen molar-refractivity contribution in [2.75, 3.05) is 12.4 Å². The number of ether oxygens (including phenoxy) is 1. The summed E-state index contributed by atoms with van der Waals surface area (Å²) in [6.45, 7) is 0. The van der Waals surface area contributed by atoms with Crippen LogP contribution in [0.4, 0.5) is 18.9 Å². The van der Waals surface area contributed by atoms with Crippen LogP contribution in [-0.2, 0) is 27.4 Å². The Balaban J connectivity index is 1.89. The van der Waals surface area contributed by atoms with E-state index in [9.17, 15) is 26.4 Å². The summed E-state index contributed by atoms with van der Waals surface area (Å²) >= 11 is 6.09. The standard InChI is InChI=1S/C19H16ClF3N4O4S/c1-31-14-3-4-15(20)11(6-14)7-18(28)26-13-2-5-16(17(8-13)32(24,29)30)27-10-12(9-25-27)19(21,22)23/h2-6,8-10H,7H2,1H3,(H,26,28)(H2,24,29,30). The van der Waals surface area contributed by atoms with E-state index in [1.165, 1.54) is 19.2 Å². The Morgan fingerprint density at radius 2 is 1.97 bits per heavy atom. The van der Waals surface area contributed by atoms with Crippen LogP contribution in [0.25, 0.3) is 5.69 Å². The molecule has 13 heteroatoms. The third-order valence-electron chi connectivity index (χ3n) is 4.31. The summed E-state index contributed by atoms with van der Waals surface area (Å²) in [4.78, 5) is 11.9. The lowest BCUT2D eigenvalue weighted by molar-refractivity contribution is -0.137. The van der Waals surface area contributed by atoms with Crippen molar-refractivity contribution in [3.8, 4) is 11.4 Å². The molecule has 0 radical (unpaired) electrons. The highest BCUT2D eigenvalue weighted by Crippen LogP contribution is 2.31. The van der Waals surface area contributed by atoms with Crippen LogP contribution in [-0.4, -0.2) is 31.2 Å². The van der Waals surface area contributed by atoms with Crippen LogP contribution in [0.15, 0.2) is 53.7 Å². The van der Waals surface area contributed by atoms with E-state index in [0.29, 0.717) is 28.7 Å². The van der Waals surface area contributed by atoms with Crippen LogP contribution in [0.5, 0.6) is 5.75 Å². The number of alkyl halides is 3. The summed E-state index contributed by atoms with van der Waals surface area (Å²) < 4.78 is 68.5. The second kappa shape index (κ2) is 8.81. The zero-order valence-corrected chi connectivity index (χ0v) is 17.9. The topological polar surface area (TPSA) is 116 Å². The number of sulfonamides is 1. The zero-order chi connectivity index (χ0) is 23.7. The van der Waals surface area contributed by atoms with Gasteiger partial charge in [-0.25, -0.2) is 18.2 Å². The van der Waals surface area contributed by atoms with E-state index >= 15 is 0 Å². The van der Waals surface area contributed by atoms with E-state index in [1.54, 1.807) is 18.2 Å². The maximum Gasteiger partial charge on any atom is 0.419 e. The Morgan fingerprint density at radius 3 is 2.56 bits per heavy atom. The molecule has 2 aromatic carbocycles. The molecule has 0 saturated heterocycles. The number of benzene rings is 2. The van der Waals surface area contributed by atoms with Gasteiger partial charge in [0.25, 0.3) is 0 Å². The molecule has 0 saturated carbocycles. The molecular formula is C19H16ClF3N4O4S. The number of methoxy groups -OCH3 is 1. The summed E-state index contributed by atoms with van der Waals surface area (Å²) in [5, 5.41) is 11.6. The number of hydrogen-bond acceptors (Lipinski definition) is 5. The molecule has 3 rings (SSSR count). The summed E-state index contributed by atoms with van der Waals surface area (Å²) in [5.74, 6) is -0.0257. The van der Waals surface area contributed by atoms with Gasteiger partial charge in [-0.2, -0.15) is 18.3 Å². The van der Waals surface area contributed by atoms with Gasteiger partial charge in [-0.3, -0.25) is 4.79 Å². The second-order valence-electron chi connectivity index (χ2n) is 6.58. The minimum Gasteiger partial charge on any atom is -0.497 e. The van der Waals surface area contributed by atoms with Crippen molar-refractivity contribution in [1.29, 1.82) is 0 Å². The molecule has 32 heavy (non-hydrogen) atoms. The average Bonchev–Trinajstić information content (AvgIpc) is 3.19. The van der Waals surface area contributed by atoms with Crippen molar-refractivity contribution in [2.45, 2.75) is 17.5 Å². The summed E-state index contributed by atoms with van der Waals surface area (Å²) in [6.07, 6.45) is -3.61. The molecule has 0 atom stereocenters. The lowest BCUT2D eigenvalue weighted by atomic mass is 10.1. The van der Waals surface area contributed by atoms with Gasteiger partial charge in [0.15, 0.2) is 0 Å². The summed E-state index contributed by atoms with van der Waals surface area (Å²) in [6, 6.07) is 8.29. The van der Waals surface area contributed by atoms with Crippen LogP contribution in [0.3, 0.4) is 0 Å². The highest BCUT2D eigenvalue weighted by molar-refractivity contribution is 7.89. The van der Waals surface area contributed by atoms with Gasteiger partial charge in [-0.15, -0.1) is 0 Å². The van der Waals surface area contributed by atoms with E-state index in [1.807, 2.05) is 0 Å². The largest absolute Gasteiger partial charge is 0.497 e. The van der Waals surface area contributed by atoms with E-state index in [2.05, 4.69) is 10.4 Å². The van der Waals surface area contributed by atoms with Crippen molar-refractivity contribution in [2.24, 2.45) is 5.14 Å². The maximum absolute atomic E-state index is 12.9. The van der Waals surface area contributed by atoms with Crippen molar-refractivity contribution in [3.63, 3.8) is 0 Å². The SMILES string of the molecule is COc1ccc(Cl)c(CC(=O)Nc2ccc(-n3cc(C(F)(F)F)cn3)c(S(N)(=O)=O)c2)c1. The highest BCUT2D eigenvalue weighted by atomic mass is 35.5. The van der Waals surface area contributed by atoms with Gasteiger partial charge in [-0.1, -0.05) is 11.6 Å². The van der Waals surface area contributed by atoms with E-state index < -0.39 is 32.6 Å². The smallest absolute Gasteiger partial charge is 0.419 e. The normalized spacial score (nSPS) is 11.9. The van der Waals surface area contributed by atoms with Crippen LogP contribution in [0.1, 0.15) is 11.1 Å². The first-order valence-electron chi connectivity index (χ1n) is 8.80. The number of nitrogens with two attached hydrogens (primary N) is 1. The Bertz CT molecular complexity index is 1280. The molecule has 3 N–H and O–H groups in total. The number of carbonyl (C=O) groups is 1. The molecular weight excluding hydrogens is 473 g/mol. The number of nitrogens with zero attached hydrogens (tertiary/aromatic N) is 2. The number of nitrogens with one attached hydrogen (secondary N) is 1. The molecule has 0 bridgehead atoms. The van der Waals surface area contributed by atoms with Gasteiger partial charge in [0.05, 0.1) is 31.0 Å². The average molecular weight is 489 g/mol. The lowest BCUT2D eigenvalue weighted by Crippen LogP contribution is -2.18. The van der Waals surface area contributed by atoms with Crippen LogP contribution >= 0.6 is 11.6 Å². The minimum absolute atomic E-state index is 0.0602. The minimum atomic E-state index is -4.66. The van der Waals surface area contributed by atoms with Gasteiger partial charge in [0.2, 0.25) is 15.9 Å². The maximum atomic E-state index is 12.9. The number of amides is 1. The van der Waals surface area contributed by atoms with E-state index in [-0.39, 0.29) is 17.8 Å². The zero-order valence-electron chi connectivity index (χ0n) is 16.4. The Hall–Kier alpha value is -3.09. The molecule has 8 nitrogen and oxygen atoms in total. The molecule has 170 valence electrons. The van der Waals surface area contributed by atoms with Crippen LogP contribution < -0.4 is 15.2 Å². The Kier molecular flexibility index (Phi) is 6.49. The molecule has 0 spiro atoms. The van der Waals surface area contributed by atoms with E-state index in [0.717, 1.165) is 10.7 Å². The Morgan fingerprint density at radius 1 is 1.25 bits per heavy atom. The molecule has 1 aromatic heterocycles. The summed E-state index contributed by atoms with van der Waals surface area (Å²) in [7, 11) is -2.91. The second-order valence-corrected chi connectivity index (χ2v) is 8.52. The third-order valence-corrected chi connectivity index (χ3v) is 5.62. The molecule has 1 amide bonds.